The zero-order chi connectivity index (χ0) is 11.5. The highest BCUT2D eigenvalue weighted by atomic mass is 16.2. The Morgan fingerprint density at radius 2 is 2.25 bits per heavy atom. The van der Waals surface area contributed by atoms with E-state index in [2.05, 4.69) is 22.1 Å². The molecule has 0 radical (unpaired) electrons. The summed E-state index contributed by atoms with van der Waals surface area (Å²) in [7, 11) is 0. The van der Waals surface area contributed by atoms with Crippen LogP contribution in [0.25, 0.3) is 0 Å². The van der Waals surface area contributed by atoms with Crippen molar-refractivity contribution < 1.29 is 4.79 Å². The van der Waals surface area contributed by atoms with Gasteiger partial charge < -0.3 is 4.90 Å². The maximum atomic E-state index is 12.2. The maximum absolute atomic E-state index is 12.2. The van der Waals surface area contributed by atoms with Crippen molar-refractivity contribution in [2.75, 3.05) is 6.54 Å². The molecule has 1 aliphatic rings. The van der Waals surface area contributed by atoms with Gasteiger partial charge in [0, 0.05) is 12.6 Å². The molecular formula is C11H18N4O. The molecule has 1 aromatic rings. The van der Waals surface area contributed by atoms with Crippen LogP contribution in [0.4, 0.5) is 0 Å². The number of aromatic amines is 1. The van der Waals surface area contributed by atoms with E-state index in [-0.39, 0.29) is 5.91 Å². The lowest BCUT2D eigenvalue weighted by molar-refractivity contribution is 0.0685. The highest BCUT2D eigenvalue weighted by Gasteiger charge is 2.25. The predicted molar refractivity (Wildman–Crippen MR) is 60.1 cm³/mol. The molecule has 1 aliphatic heterocycles. The minimum Gasteiger partial charge on any atom is -0.333 e. The van der Waals surface area contributed by atoms with Gasteiger partial charge in [0.2, 0.25) is 5.82 Å². The largest absolute Gasteiger partial charge is 0.333 e. The zero-order valence-corrected chi connectivity index (χ0v) is 9.86. The number of hydrogen-bond acceptors (Lipinski definition) is 3. The molecular weight excluding hydrogens is 204 g/mol. The molecule has 16 heavy (non-hydrogen) atoms. The quantitative estimate of drug-likeness (QED) is 0.783. The van der Waals surface area contributed by atoms with Gasteiger partial charge in [-0.3, -0.25) is 9.89 Å². The van der Waals surface area contributed by atoms with Crippen LogP contribution in [0.5, 0.6) is 0 Å². The Morgan fingerprint density at radius 3 is 2.94 bits per heavy atom. The van der Waals surface area contributed by atoms with E-state index in [1.807, 2.05) is 4.90 Å². The first-order valence-electron chi connectivity index (χ1n) is 5.88. The van der Waals surface area contributed by atoms with Crippen molar-refractivity contribution in [1.82, 2.24) is 20.1 Å². The van der Waals surface area contributed by atoms with Gasteiger partial charge in [0.15, 0.2) is 0 Å². The molecule has 5 heteroatoms. The highest BCUT2D eigenvalue weighted by molar-refractivity contribution is 5.90. The molecule has 1 aromatic heterocycles. The molecule has 0 aliphatic carbocycles. The molecule has 1 unspecified atom stereocenters. The normalized spacial score (nSPS) is 21.9. The maximum Gasteiger partial charge on any atom is 0.293 e. The summed E-state index contributed by atoms with van der Waals surface area (Å²) >= 11 is 0. The summed E-state index contributed by atoms with van der Waals surface area (Å²) in [6.45, 7) is 4.73. The molecule has 5 nitrogen and oxygen atoms in total. The lowest BCUT2D eigenvalue weighted by atomic mass is 10.1. The van der Waals surface area contributed by atoms with Crippen LogP contribution in [0.15, 0.2) is 0 Å². The molecule has 1 amide bonds. The molecule has 0 spiro atoms. The number of hydrogen-bond donors (Lipinski definition) is 1. The van der Waals surface area contributed by atoms with Crippen molar-refractivity contribution in [2.45, 2.75) is 45.6 Å². The third-order valence-electron chi connectivity index (χ3n) is 3.10. The Morgan fingerprint density at radius 1 is 1.44 bits per heavy atom. The molecule has 1 saturated heterocycles. The van der Waals surface area contributed by atoms with E-state index in [1.54, 1.807) is 6.92 Å². The Hall–Kier alpha value is -1.39. The second-order valence-electron chi connectivity index (χ2n) is 4.44. The number of H-pyrrole nitrogens is 1. The fourth-order valence-electron chi connectivity index (χ4n) is 2.14. The van der Waals surface area contributed by atoms with Gasteiger partial charge in [-0.1, -0.05) is 12.8 Å². The van der Waals surface area contributed by atoms with E-state index in [9.17, 15) is 4.79 Å². The van der Waals surface area contributed by atoms with Crippen LogP contribution >= 0.6 is 0 Å². The van der Waals surface area contributed by atoms with Crippen LogP contribution in [0.2, 0.25) is 0 Å². The van der Waals surface area contributed by atoms with E-state index < -0.39 is 0 Å². The Kier molecular flexibility index (Phi) is 3.22. The van der Waals surface area contributed by atoms with Gasteiger partial charge in [0.1, 0.15) is 5.82 Å². The summed E-state index contributed by atoms with van der Waals surface area (Å²) in [5, 5.41) is 6.64. The van der Waals surface area contributed by atoms with Gasteiger partial charge in [-0.15, -0.1) is 5.10 Å². The lowest BCUT2D eigenvalue weighted by Crippen LogP contribution is -2.38. The average Bonchev–Trinajstić information content (AvgIpc) is 2.57. The molecule has 2 rings (SSSR count). The first-order valence-corrected chi connectivity index (χ1v) is 5.88. The molecule has 0 saturated carbocycles. The number of amides is 1. The minimum atomic E-state index is -0.0428. The van der Waals surface area contributed by atoms with Crippen LogP contribution in [-0.4, -0.2) is 38.6 Å². The van der Waals surface area contributed by atoms with Gasteiger partial charge in [-0.2, -0.15) is 0 Å². The van der Waals surface area contributed by atoms with E-state index in [4.69, 9.17) is 0 Å². The summed E-state index contributed by atoms with van der Waals surface area (Å²) in [5.41, 5.74) is 0. The van der Waals surface area contributed by atoms with Crippen molar-refractivity contribution in [3.8, 4) is 0 Å². The van der Waals surface area contributed by atoms with Crippen molar-refractivity contribution in [3.63, 3.8) is 0 Å². The molecule has 1 atom stereocenters. The fraction of sp³-hybridized carbons (Fsp3) is 0.727. The van der Waals surface area contributed by atoms with Gasteiger partial charge in [0.05, 0.1) is 0 Å². The van der Waals surface area contributed by atoms with Gasteiger partial charge in [0.25, 0.3) is 5.91 Å². The van der Waals surface area contributed by atoms with Crippen molar-refractivity contribution in [1.29, 1.82) is 0 Å². The fourth-order valence-corrected chi connectivity index (χ4v) is 2.14. The molecule has 2 heterocycles. The Labute approximate surface area is 95.2 Å². The van der Waals surface area contributed by atoms with E-state index in [0.717, 1.165) is 19.4 Å². The summed E-state index contributed by atoms with van der Waals surface area (Å²) in [5.74, 6) is 0.941. The SMILES string of the molecule is Cc1nc(C(=O)N2CCCCCC2C)n[nH]1. The minimum absolute atomic E-state index is 0.0428. The standard InChI is InChI=1S/C11H18N4O/c1-8-6-4-3-5-7-15(8)11(16)10-12-9(2)13-14-10/h8H,3-7H2,1-2H3,(H,12,13,14). The summed E-state index contributed by atoms with van der Waals surface area (Å²) in [6.07, 6.45) is 4.58. The number of aromatic nitrogens is 3. The predicted octanol–water partition coefficient (Wildman–Crippen LogP) is 1.52. The first kappa shape index (κ1) is 11.1. The molecule has 88 valence electrons. The first-order chi connectivity index (χ1) is 7.68. The van der Waals surface area contributed by atoms with Crippen LogP contribution in [0, 0.1) is 6.92 Å². The van der Waals surface area contributed by atoms with E-state index in [0.29, 0.717) is 17.7 Å². The smallest absolute Gasteiger partial charge is 0.293 e. The highest BCUT2D eigenvalue weighted by Crippen LogP contribution is 2.17. The second kappa shape index (κ2) is 4.63. The summed E-state index contributed by atoms with van der Waals surface area (Å²) < 4.78 is 0. The van der Waals surface area contributed by atoms with Crippen molar-refractivity contribution in [2.24, 2.45) is 0 Å². The van der Waals surface area contributed by atoms with Crippen LogP contribution in [-0.2, 0) is 0 Å². The van der Waals surface area contributed by atoms with Crippen LogP contribution in [0.3, 0.4) is 0 Å². The number of rotatable bonds is 1. The average molecular weight is 222 g/mol. The Balaban J connectivity index is 2.13. The summed E-state index contributed by atoms with van der Waals surface area (Å²) in [6, 6.07) is 0.300. The van der Waals surface area contributed by atoms with E-state index in [1.165, 1.54) is 12.8 Å². The third kappa shape index (κ3) is 2.23. The molecule has 0 bridgehead atoms. The second-order valence-corrected chi connectivity index (χ2v) is 4.44. The van der Waals surface area contributed by atoms with Crippen LogP contribution in [0.1, 0.15) is 49.1 Å². The molecule has 1 N–H and O–H groups in total. The van der Waals surface area contributed by atoms with Crippen LogP contribution < -0.4 is 0 Å². The number of carbonyl (C=O) groups excluding carboxylic acids is 1. The molecule has 0 aromatic carbocycles. The van der Waals surface area contributed by atoms with Gasteiger partial charge in [-0.05, 0) is 26.7 Å². The number of nitrogens with zero attached hydrogens (tertiary/aromatic N) is 3. The monoisotopic (exact) mass is 222 g/mol. The van der Waals surface area contributed by atoms with E-state index >= 15 is 0 Å². The number of likely N-dealkylation sites (tertiary alicyclic amines) is 1. The Bertz CT molecular complexity index is 374. The summed E-state index contributed by atoms with van der Waals surface area (Å²) in [4.78, 5) is 18.1. The topological polar surface area (TPSA) is 61.9 Å². The number of nitrogens with one attached hydrogen (secondary N) is 1. The number of aryl methyl sites for hydroxylation is 1. The third-order valence-corrected chi connectivity index (χ3v) is 3.10. The lowest BCUT2D eigenvalue weighted by Gasteiger charge is -2.25. The molecule has 1 fully saturated rings. The van der Waals surface area contributed by atoms with Gasteiger partial charge >= 0.3 is 0 Å². The number of carbonyl (C=O) groups is 1. The van der Waals surface area contributed by atoms with Crippen molar-refractivity contribution in [3.05, 3.63) is 11.6 Å². The zero-order valence-electron chi connectivity index (χ0n) is 9.86. The van der Waals surface area contributed by atoms with Gasteiger partial charge in [-0.25, -0.2) is 4.98 Å². The van der Waals surface area contributed by atoms with Crippen molar-refractivity contribution >= 4 is 5.91 Å².